The van der Waals surface area contributed by atoms with Gasteiger partial charge in [-0.2, -0.15) is 17.6 Å². The molecule has 1 aromatic rings. The lowest BCUT2D eigenvalue weighted by atomic mass is 10.2. The van der Waals surface area contributed by atoms with Crippen molar-refractivity contribution in [1.29, 1.82) is 0 Å². The Balaban J connectivity index is 3.42. The minimum atomic E-state index is -5.00. The van der Waals surface area contributed by atoms with Crippen molar-refractivity contribution in [3.05, 3.63) is 28.3 Å². The fourth-order valence-electron chi connectivity index (χ4n) is 0.868. The van der Waals surface area contributed by atoms with E-state index < -0.39 is 34.8 Å². The zero-order valence-corrected chi connectivity index (χ0v) is 7.50. The van der Waals surface area contributed by atoms with Crippen molar-refractivity contribution < 1.29 is 26.3 Å². The third-order valence-corrected chi connectivity index (χ3v) is 1.86. The van der Waals surface area contributed by atoms with Crippen molar-refractivity contribution in [2.24, 2.45) is 0 Å². The predicted octanol–water partition coefficient (Wildman–Crippen LogP) is 3.83. The number of hydrogen-bond donors (Lipinski definition) is 0. The Kier molecular flexibility index (Phi) is 3.13. The number of aromatic nitrogens is 1. The molecule has 0 N–H and O–H groups in total. The Labute approximate surface area is 84.7 Å². The van der Waals surface area contributed by atoms with Crippen LogP contribution in [0.4, 0.5) is 26.3 Å². The van der Waals surface area contributed by atoms with Crippen LogP contribution in [-0.2, 0) is 6.18 Å². The number of rotatable bonds is 1. The van der Waals surface area contributed by atoms with Gasteiger partial charge in [-0.25, -0.2) is 13.8 Å². The van der Waals surface area contributed by atoms with E-state index in [4.69, 9.17) is 11.6 Å². The van der Waals surface area contributed by atoms with Crippen LogP contribution in [0.25, 0.3) is 0 Å². The second-order valence-electron chi connectivity index (χ2n) is 2.49. The molecule has 0 aromatic carbocycles. The van der Waals surface area contributed by atoms with Gasteiger partial charge >= 0.3 is 6.18 Å². The van der Waals surface area contributed by atoms with Crippen LogP contribution in [0.3, 0.4) is 0 Å². The third kappa shape index (κ3) is 2.53. The molecule has 0 amide bonds. The molecule has 1 aromatic heterocycles. The second-order valence-corrected chi connectivity index (χ2v) is 2.87. The van der Waals surface area contributed by atoms with E-state index in [0.717, 1.165) is 0 Å². The number of pyridine rings is 1. The van der Waals surface area contributed by atoms with Crippen molar-refractivity contribution >= 4 is 11.6 Å². The van der Waals surface area contributed by atoms with Gasteiger partial charge in [0.15, 0.2) is 0 Å². The van der Waals surface area contributed by atoms with Crippen molar-refractivity contribution in [2.45, 2.75) is 12.6 Å². The molecule has 1 heterocycles. The summed E-state index contributed by atoms with van der Waals surface area (Å²) in [5, 5.41) is -1.28. The van der Waals surface area contributed by atoms with Crippen molar-refractivity contribution in [3.63, 3.8) is 0 Å². The van der Waals surface area contributed by atoms with Gasteiger partial charge in [0.05, 0.1) is 10.6 Å². The first-order valence-corrected chi connectivity index (χ1v) is 3.82. The molecule has 0 unspecified atom stereocenters. The highest BCUT2D eigenvalue weighted by atomic mass is 35.5. The van der Waals surface area contributed by atoms with Crippen LogP contribution in [0.5, 0.6) is 0 Å². The van der Waals surface area contributed by atoms with Gasteiger partial charge in [0.1, 0.15) is 5.69 Å². The largest absolute Gasteiger partial charge is 0.418 e. The monoisotopic (exact) mass is 249 g/mol. The lowest BCUT2D eigenvalue weighted by Crippen LogP contribution is -2.10. The molecule has 1 nitrogen and oxygen atoms in total. The molecule has 0 radical (unpaired) electrons. The average molecular weight is 250 g/mol. The summed E-state index contributed by atoms with van der Waals surface area (Å²) in [6.45, 7) is 0. The molecule has 0 aliphatic carbocycles. The maximum Gasteiger partial charge on any atom is 0.418 e. The summed E-state index contributed by atoms with van der Waals surface area (Å²) in [6, 6.07) is -0.0335. The SMILES string of the molecule is Fc1cc(C(F)(F)F)c(Cl)c(C(F)F)n1. The first-order chi connectivity index (χ1) is 6.73. The van der Waals surface area contributed by atoms with Crippen molar-refractivity contribution in [3.8, 4) is 0 Å². The van der Waals surface area contributed by atoms with Gasteiger partial charge < -0.3 is 0 Å². The summed E-state index contributed by atoms with van der Waals surface area (Å²) in [7, 11) is 0. The highest BCUT2D eigenvalue weighted by Crippen LogP contribution is 2.38. The van der Waals surface area contributed by atoms with E-state index in [1.54, 1.807) is 0 Å². The molecule has 0 atom stereocenters. The normalized spacial score (nSPS) is 12.3. The predicted molar refractivity (Wildman–Crippen MR) is 39.2 cm³/mol. The molecule has 0 aliphatic rings. The Morgan fingerprint density at radius 1 is 1.27 bits per heavy atom. The fourth-order valence-corrected chi connectivity index (χ4v) is 1.15. The first kappa shape index (κ1) is 12.1. The second kappa shape index (κ2) is 3.88. The van der Waals surface area contributed by atoms with Gasteiger partial charge in [-0.05, 0) is 0 Å². The molecule has 0 spiro atoms. The summed E-state index contributed by atoms with van der Waals surface area (Å²) >= 11 is 5.03. The minimum absolute atomic E-state index is 0.0335. The van der Waals surface area contributed by atoms with Crippen LogP contribution in [0, 0.1) is 5.95 Å². The lowest BCUT2D eigenvalue weighted by Gasteiger charge is -2.11. The standard InChI is InChI=1S/C7H2ClF6N/c8-4-2(7(12,13)14)1-3(9)15-5(4)6(10)11/h1,6H. The summed E-state index contributed by atoms with van der Waals surface area (Å²) in [4.78, 5) is 2.60. The third-order valence-electron chi connectivity index (χ3n) is 1.46. The van der Waals surface area contributed by atoms with Crippen molar-refractivity contribution in [1.82, 2.24) is 4.98 Å². The van der Waals surface area contributed by atoms with Crippen LogP contribution in [0.1, 0.15) is 17.7 Å². The number of halogens is 7. The lowest BCUT2D eigenvalue weighted by molar-refractivity contribution is -0.137. The van der Waals surface area contributed by atoms with E-state index in [2.05, 4.69) is 4.98 Å². The Bertz CT molecular complexity index is 374. The molecule has 0 fully saturated rings. The van der Waals surface area contributed by atoms with Gasteiger partial charge in [-0.15, -0.1) is 0 Å². The summed E-state index contributed by atoms with van der Waals surface area (Å²) in [5.74, 6) is -1.65. The molecule has 8 heteroatoms. The molecule has 84 valence electrons. The first-order valence-electron chi connectivity index (χ1n) is 3.44. The quantitative estimate of drug-likeness (QED) is 0.544. The minimum Gasteiger partial charge on any atom is -0.217 e. The van der Waals surface area contributed by atoms with Crippen LogP contribution >= 0.6 is 11.6 Å². The summed E-state index contributed by atoms with van der Waals surface area (Å²) < 4.78 is 73.1. The van der Waals surface area contributed by atoms with Gasteiger partial charge in [0.25, 0.3) is 6.43 Å². The Hall–Kier alpha value is -0.980. The van der Waals surface area contributed by atoms with Gasteiger partial charge in [0, 0.05) is 6.07 Å². The smallest absolute Gasteiger partial charge is 0.217 e. The number of hydrogen-bond acceptors (Lipinski definition) is 1. The number of alkyl halides is 5. The highest BCUT2D eigenvalue weighted by Gasteiger charge is 2.36. The van der Waals surface area contributed by atoms with E-state index in [-0.39, 0.29) is 6.07 Å². The Morgan fingerprint density at radius 2 is 1.80 bits per heavy atom. The number of nitrogens with zero attached hydrogens (tertiary/aromatic N) is 1. The maximum atomic E-state index is 12.5. The van der Waals surface area contributed by atoms with Gasteiger partial charge in [0.2, 0.25) is 5.95 Å². The summed E-state index contributed by atoms with van der Waals surface area (Å²) in [6.07, 6.45) is -8.36. The van der Waals surface area contributed by atoms with E-state index in [1.807, 2.05) is 0 Å². The molecule has 1 rings (SSSR count). The average Bonchev–Trinajstić information content (AvgIpc) is 2.06. The highest BCUT2D eigenvalue weighted by molar-refractivity contribution is 6.32. The fraction of sp³-hybridized carbons (Fsp3) is 0.286. The van der Waals surface area contributed by atoms with Crippen LogP contribution in [-0.4, -0.2) is 4.98 Å². The molecule has 0 bridgehead atoms. The van der Waals surface area contributed by atoms with Gasteiger partial charge in [-0.1, -0.05) is 11.6 Å². The van der Waals surface area contributed by atoms with E-state index in [0.29, 0.717) is 0 Å². The molecular formula is C7H2ClF6N. The van der Waals surface area contributed by atoms with Crippen LogP contribution in [0.15, 0.2) is 6.07 Å². The molecule has 0 saturated heterocycles. The zero-order chi connectivity index (χ0) is 11.8. The topological polar surface area (TPSA) is 12.9 Å². The molecule has 0 saturated carbocycles. The van der Waals surface area contributed by atoms with E-state index >= 15 is 0 Å². The van der Waals surface area contributed by atoms with E-state index in [9.17, 15) is 26.3 Å². The maximum absolute atomic E-state index is 12.5. The molecule has 0 aliphatic heterocycles. The zero-order valence-electron chi connectivity index (χ0n) is 6.75. The van der Waals surface area contributed by atoms with Crippen molar-refractivity contribution in [2.75, 3.05) is 0 Å². The van der Waals surface area contributed by atoms with E-state index in [1.165, 1.54) is 0 Å². The van der Waals surface area contributed by atoms with Gasteiger partial charge in [-0.3, -0.25) is 0 Å². The van der Waals surface area contributed by atoms with Crippen LogP contribution < -0.4 is 0 Å². The molecule has 15 heavy (non-hydrogen) atoms. The van der Waals surface area contributed by atoms with Crippen LogP contribution in [0.2, 0.25) is 5.02 Å². The summed E-state index contributed by atoms with van der Waals surface area (Å²) in [5.41, 5.74) is -3.07. The Morgan fingerprint density at radius 3 is 2.20 bits per heavy atom. The molecular weight excluding hydrogens is 248 g/mol.